The van der Waals surface area contributed by atoms with Gasteiger partial charge in [0.05, 0.1) is 10.0 Å². The maximum atomic E-state index is 12.1. The Balaban J connectivity index is 1.93. The monoisotopic (exact) mass is 380 g/mol. The first-order valence-corrected chi connectivity index (χ1v) is 7.93. The summed E-state index contributed by atoms with van der Waals surface area (Å²) in [6.07, 6.45) is 1.37. The molecule has 5 nitrogen and oxygen atoms in total. The highest BCUT2D eigenvalue weighted by atomic mass is 35.5. The van der Waals surface area contributed by atoms with Crippen LogP contribution < -0.4 is 5.32 Å². The lowest BCUT2D eigenvalue weighted by atomic mass is 10.1. The summed E-state index contributed by atoms with van der Waals surface area (Å²) in [5, 5.41) is 3.35. The first kappa shape index (κ1) is 16.7. The number of benzene rings is 1. The lowest BCUT2D eigenvalue weighted by molar-refractivity contribution is -0.128. The van der Waals surface area contributed by atoms with E-state index < -0.39 is 11.8 Å². The molecule has 24 heavy (non-hydrogen) atoms. The van der Waals surface area contributed by atoms with Crippen LogP contribution in [0.4, 0.5) is 0 Å². The maximum Gasteiger partial charge on any atom is 0.265 e. The summed E-state index contributed by atoms with van der Waals surface area (Å²) in [5.41, 5.74) is 0.674. The van der Waals surface area contributed by atoms with Crippen LogP contribution in [0.1, 0.15) is 5.76 Å². The number of halogens is 2. The lowest BCUT2D eigenvalue weighted by Gasteiger charge is -2.24. The molecule has 1 aromatic heterocycles. The summed E-state index contributed by atoms with van der Waals surface area (Å²) in [6.45, 7) is 0. The molecule has 2 heterocycles. The molecule has 0 saturated carbocycles. The number of amides is 2. The predicted molar refractivity (Wildman–Crippen MR) is 95.7 cm³/mol. The number of furan rings is 1. The average molecular weight is 381 g/mol. The Bertz CT molecular complexity index is 904. The van der Waals surface area contributed by atoms with Gasteiger partial charge >= 0.3 is 0 Å². The van der Waals surface area contributed by atoms with Crippen LogP contribution in [0.2, 0.25) is 10.0 Å². The smallest absolute Gasteiger partial charge is 0.265 e. The van der Waals surface area contributed by atoms with Crippen molar-refractivity contribution in [2.45, 2.75) is 0 Å². The van der Waals surface area contributed by atoms with Gasteiger partial charge in [-0.1, -0.05) is 23.2 Å². The van der Waals surface area contributed by atoms with Gasteiger partial charge in [-0.3, -0.25) is 19.8 Å². The second-order valence-corrected chi connectivity index (χ2v) is 6.21. The minimum atomic E-state index is -0.560. The van der Waals surface area contributed by atoms with E-state index in [4.69, 9.17) is 39.8 Å². The van der Waals surface area contributed by atoms with Crippen molar-refractivity contribution in [2.24, 2.45) is 0 Å². The van der Waals surface area contributed by atoms with Crippen LogP contribution in [0.5, 0.6) is 0 Å². The van der Waals surface area contributed by atoms with Crippen molar-refractivity contribution < 1.29 is 14.0 Å². The van der Waals surface area contributed by atoms with Gasteiger partial charge in [-0.2, -0.15) is 0 Å². The van der Waals surface area contributed by atoms with E-state index >= 15 is 0 Å². The number of likely N-dealkylation sites (N-methyl/N-ethyl adjacent to an activating group) is 1. The molecule has 2 aromatic rings. The van der Waals surface area contributed by atoms with Crippen molar-refractivity contribution in [1.82, 2.24) is 10.2 Å². The second-order valence-electron chi connectivity index (χ2n) is 5.01. The summed E-state index contributed by atoms with van der Waals surface area (Å²) in [5.74, 6) is -0.157. The van der Waals surface area contributed by atoms with Gasteiger partial charge in [0.1, 0.15) is 17.1 Å². The molecule has 1 N–H and O–H groups in total. The third kappa shape index (κ3) is 3.08. The molecule has 1 fully saturated rings. The molecule has 3 rings (SSSR count). The van der Waals surface area contributed by atoms with Crippen molar-refractivity contribution in [2.75, 3.05) is 7.05 Å². The van der Waals surface area contributed by atoms with Crippen LogP contribution >= 0.6 is 35.4 Å². The van der Waals surface area contributed by atoms with Crippen molar-refractivity contribution in [3.63, 3.8) is 0 Å². The third-order valence-electron chi connectivity index (χ3n) is 3.42. The molecule has 1 aliphatic rings. The van der Waals surface area contributed by atoms with Gasteiger partial charge in [-0.25, -0.2) is 0 Å². The molecular formula is C16H10Cl2N2O3S. The van der Waals surface area contributed by atoms with Crippen molar-refractivity contribution in [3.8, 4) is 11.3 Å². The number of nitrogens with one attached hydrogen (secondary N) is 1. The largest absolute Gasteiger partial charge is 0.457 e. The number of carbonyl (C=O) groups is 2. The molecule has 1 aliphatic heterocycles. The van der Waals surface area contributed by atoms with E-state index in [1.54, 1.807) is 30.3 Å². The van der Waals surface area contributed by atoms with Crippen molar-refractivity contribution >= 4 is 58.4 Å². The quantitative estimate of drug-likeness (QED) is 0.491. The summed E-state index contributed by atoms with van der Waals surface area (Å²) >= 11 is 16.8. The number of rotatable bonds is 2. The van der Waals surface area contributed by atoms with Crippen LogP contribution in [-0.2, 0) is 9.59 Å². The molecule has 0 spiro atoms. The van der Waals surface area contributed by atoms with E-state index in [1.165, 1.54) is 18.0 Å². The van der Waals surface area contributed by atoms with E-state index in [9.17, 15) is 9.59 Å². The topological polar surface area (TPSA) is 62.6 Å². The summed E-state index contributed by atoms with van der Waals surface area (Å²) in [4.78, 5) is 25.3. The van der Waals surface area contributed by atoms with Gasteiger partial charge in [0.25, 0.3) is 11.8 Å². The zero-order valence-electron chi connectivity index (χ0n) is 12.3. The number of carbonyl (C=O) groups excluding carboxylic acids is 2. The average Bonchev–Trinajstić information content (AvgIpc) is 3.01. The molecule has 0 unspecified atom stereocenters. The fraction of sp³-hybridized carbons (Fsp3) is 0.0625. The van der Waals surface area contributed by atoms with E-state index in [2.05, 4.69) is 5.32 Å². The molecule has 2 amide bonds. The Morgan fingerprint density at radius 2 is 1.92 bits per heavy atom. The summed E-state index contributed by atoms with van der Waals surface area (Å²) in [7, 11) is 1.49. The van der Waals surface area contributed by atoms with Crippen LogP contribution in [0.25, 0.3) is 17.4 Å². The van der Waals surface area contributed by atoms with Crippen molar-refractivity contribution in [3.05, 3.63) is 51.7 Å². The summed E-state index contributed by atoms with van der Waals surface area (Å²) < 4.78 is 5.66. The highest BCUT2D eigenvalue weighted by Gasteiger charge is 2.31. The van der Waals surface area contributed by atoms with Gasteiger partial charge in [-0.05, 0) is 48.6 Å². The van der Waals surface area contributed by atoms with E-state index in [-0.39, 0.29) is 10.7 Å². The molecule has 1 saturated heterocycles. The van der Waals surface area contributed by atoms with Crippen LogP contribution in [0.3, 0.4) is 0 Å². The highest BCUT2D eigenvalue weighted by Crippen LogP contribution is 2.30. The van der Waals surface area contributed by atoms with Gasteiger partial charge in [0.2, 0.25) is 0 Å². The van der Waals surface area contributed by atoms with Crippen molar-refractivity contribution in [1.29, 1.82) is 0 Å². The standard InChI is InChI=1S/C16H10Cl2N2O3S/c1-20-15(22)10(14(21)19-16(20)24)7-9-3-5-13(23-9)8-2-4-11(17)12(18)6-8/h2-7H,1H3,(H,19,21,24). The second kappa shape index (κ2) is 6.39. The molecule has 0 bridgehead atoms. The minimum Gasteiger partial charge on any atom is -0.457 e. The van der Waals surface area contributed by atoms with Crippen LogP contribution in [0, 0.1) is 0 Å². The fourth-order valence-corrected chi connectivity index (χ4v) is 2.60. The first-order valence-electron chi connectivity index (χ1n) is 6.77. The van der Waals surface area contributed by atoms with E-state index in [0.717, 1.165) is 5.56 Å². The first-order chi connectivity index (χ1) is 11.4. The Morgan fingerprint density at radius 3 is 2.62 bits per heavy atom. The highest BCUT2D eigenvalue weighted by molar-refractivity contribution is 7.80. The SMILES string of the molecule is CN1C(=O)C(=Cc2ccc(-c3ccc(Cl)c(Cl)c3)o2)C(=O)NC1=S. The zero-order chi connectivity index (χ0) is 17.4. The summed E-state index contributed by atoms with van der Waals surface area (Å²) in [6, 6.07) is 8.46. The zero-order valence-corrected chi connectivity index (χ0v) is 14.6. The lowest BCUT2D eigenvalue weighted by Crippen LogP contribution is -2.52. The van der Waals surface area contributed by atoms with Crippen LogP contribution in [0.15, 0.2) is 40.3 Å². The number of hydrogen-bond donors (Lipinski definition) is 1. The van der Waals surface area contributed by atoms with Gasteiger partial charge < -0.3 is 4.42 Å². The Labute approximate surface area is 152 Å². The van der Waals surface area contributed by atoms with Gasteiger partial charge in [-0.15, -0.1) is 0 Å². The molecule has 0 atom stereocenters. The van der Waals surface area contributed by atoms with E-state index in [1.807, 2.05) is 0 Å². The number of nitrogens with zero attached hydrogens (tertiary/aromatic N) is 1. The van der Waals surface area contributed by atoms with Crippen LogP contribution in [-0.4, -0.2) is 28.9 Å². The molecular weight excluding hydrogens is 371 g/mol. The fourth-order valence-electron chi connectivity index (χ4n) is 2.12. The molecule has 0 aliphatic carbocycles. The van der Waals surface area contributed by atoms with Gasteiger partial charge in [0.15, 0.2) is 5.11 Å². The molecule has 0 radical (unpaired) electrons. The van der Waals surface area contributed by atoms with Gasteiger partial charge in [0, 0.05) is 12.6 Å². The predicted octanol–water partition coefficient (Wildman–Crippen LogP) is 3.51. The minimum absolute atomic E-state index is 0.0545. The molecule has 8 heteroatoms. The van der Waals surface area contributed by atoms with E-state index in [0.29, 0.717) is 21.6 Å². The Hall–Kier alpha value is -2.15. The Morgan fingerprint density at radius 1 is 1.17 bits per heavy atom. The maximum absolute atomic E-state index is 12.1. The molecule has 122 valence electrons. The Kier molecular flexibility index (Phi) is 4.45. The molecule has 1 aromatic carbocycles. The normalized spacial score (nSPS) is 16.7. The number of hydrogen-bond acceptors (Lipinski definition) is 4. The number of thiocarbonyl (C=S) groups is 1. The third-order valence-corrected chi connectivity index (χ3v) is 4.54.